The van der Waals surface area contributed by atoms with Gasteiger partial charge in [0.05, 0.1) is 13.2 Å². The number of rotatable bonds is 3. The van der Waals surface area contributed by atoms with Gasteiger partial charge in [0.1, 0.15) is 6.04 Å². The molecule has 1 atom stereocenters. The summed E-state index contributed by atoms with van der Waals surface area (Å²) in [7, 11) is 0. The quantitative estimate of drug-likeness (QED) is 0.807. The van der Waals surface area contributed by atoms with Crippen molar-refractivity contribution in [1.29, 1.82) is 0 Å². The van der Waals surface area contributed by atoms with E-state index in [4.69, 9.17) is 4.74 Å². The van der Waals surface area contributed by atoms with Gasteiger partial charge in [0, 0.05) is 19.1 Å². The standard InChI is InChI=1S/C14H25N3O3/c1-11(13(18)17-7-9-20-10-8-17)15-14(19)16-12-5-3-2-4-6-12/h11-12H,2-10H2,1H3,(H2,15,16,19)/t11-/m1/s1. The Morgan fingerprint density at radius 2 is 1.80 bits per heavy atom. The second-order valence-electron chi connectivity index (χ2n) is 5.61. The van der Waals surface area contributed by atoms with Crippen LogP contribution in [-0.2, 0) is 9.53 Å². The number of carbonyl (C=O) groups excluding carboxylic acids is 2. The molecule has 6 heteroatoms. The van der Waals surface area contributed by atoms with E-state index in [0.717, 1.165) is 12.8 Å². The molecule has 6 nitrogen and oxygen atoms in total. The van der Waals surface area contributed by atoms with E-state index in [2.05, 4.69) is 10.6 Å². The van der Waals surface area contributed by atoms with Gasteiger partial charge in [-0.25, -0.2) is 4.79 Å². The highest BCUT2D eigenvalue weighted by molar-refractivity contribution is 5.86. The van der Waals surface area contributed by atoms with Crippen LogP contribution >= 0.6 is 0 Å². The van der Waals surface area contributed by atoms with Crippen molar-refractivity contribution in [2.45, 2.75) is 51.1 Å². The molecule has 1 saturated carbocycles. The molecule has 3 amide bonds. The zero-order valence-corrected chi connectivity index (χ0v) is 12.2. The van der Waals surface area contributed by atoms with E-state index >= 15 is 0 Å². The van der Waals surface area contributed by atoms with Crippen LogP contribution in [0.2, 0.25) is 0 Å². The monoisotopic (exact) mass is 283 g/mol. The van der Waals surface area contributed by atoms with Crippen molar-refractivity contribution in [3.63, 3.8) is 0 Å². The Balaban J connectivity index is 1.73. The molecule has 2 fully saturated rings. The van der Waals surface area contributed by atoms with Crippen LogP contribution < -0.4 is 10.6 Å². The molecule has 1 aliphatic carbocycles. The molecule has 114 valence electrons. The molecule has 1 saturated heterocycles. The Labute approximate surface area is 120 Å². The maximum absolute atomic E-state index is 12.2. The Morgan fingerprint density at radius 3 is 2.45 bits per heavy atom. The van der Waals surface area contributed by atoms with E-state index in [-0.39, 0.29) is 18.0 Å². The third kappa shape index (κ3) is 4.37. The summed E-state index contributed by atoms with van der Waals surface area (Å²) in [6.45, 7) is 4.10. The van der Waals surface area contributed by atoms with Gasteiger partial charge in [-0.1, -0.05) is 19.3 Å². The molecule has 0 aromatic carbocycles. The number of ether oxygens (including phenoxy) is 1. The molecule has 2 N–H and O–H groups in total. The summed E-state index contributed by atoms with van der Waals surface area (Å²) in [6, 6.07) is -0.461. The van der Waals surface area contributed by atoms with E-state index < -0.39 is 6.04 Å². The van der Waals surface area contributed by atoms with E-state index in [1.54, 1.807) is 11.8 Å². The van der Waals surface area contributed by atoms with Crippen molar-refractivity contribution in [2.24, 2.45) is 0 Å². The van der Waals surface area contributed by atoms with E-state index in [1.165, 1.54) is 19.3 Å². The number of hydrogen-bond donors (Lipinski definition) is 2. The molecule has 2 aliphatic rings. The highest BCUT2D eigenvalue weighted by Crippen LogP contribution is 2.17. The van der Waals surface area contributed by atoms with Crippen LogP contribution in [0.1, 0.15) is 39.0 Å². The number of carbonyl (C=O) groups is 2. The van der Waals surface area contributed by atoms with Crippen LogP contribution in [0.25, 0.3) is 0 Å². The molecule has 0 radical (unpaired) electrons. The van der Waals surface area contributed by atoms with E-state index in [9.17, 15) is 9.59 Å². The average molecular weight is 283 g/mol. The van der Waals surface area contributed by atoms with E-state index in [1.807, 2.05) is 0 Å². The number of morpholine rings is 1. The fourth-order valence-electron chi connectivity index (χ4n) is 2.79. The minimum Gasteiger partial charge on any atom is -0.378 e. The van der Waals surface area contributed by atoms with Crippen molar-refractivity contribution in [2.75, 3.05) is 26.3 Å². The molecule has 1 aliphatic heterocycles. The number of urea groups is 1. The van der Waals surface area contributed by atoms with Gasteiger partial charge in [0.2, 0.25) is 5.91 Å². The van der Waals surface area contributed by atoms with Crippen molar-refractivity contribution in [1.82, 2.24) is 15.5 Å². The van der Waals surface area contributed by atoms with Crippen LogP contribution in [0.3, 0.4) is 0 Å². The lowest BCUT2D eigenvalue weighted by atomic mass is 9.96. The van der Waals surface area contributed by atoms with Gasteiger partial charge in [-0.15, -0.1) is 0 Å². The van der Waals surface area contributed by atoms with E-state index in [0.29, 0.717) is 26.3 Å². The largest absolute Gasteiger partial charge is 0.378 e. The molecule has 0 aromatic heterocycles. The SMILES string of the molecule is C[C@@H](NC(=O)NC1CCCCC1)C(=O)N1CCOCC1. The van der Waals surface area contributed by atoms with Gasteiger partial charge in [0.15, 0.2) is 0 Å². The third-order valence-electron chi connectivity index (χ3n) is 3.98. The topological polar surface area (TPSA) is 70.7 Å². The van der Waals surface area contributed by atoms with Crippen LogP contribution in [0.4, 0.5) is 4.79 Å². The first kappa shape index (κ1) is 15.1. The summed E-state index contributed by atoms with van der Waals surface area (Å²) in [6.07, 6.45) is 5.69. The highest BCUT2D eigenvalue weighted by Gasteiger charge is 2.24. The number of amides is 3. The van der Waals surface area contributed by atoms with Crippen molar-refractivity contribution in [3.8, 4) is 0 Å². The van der Waals surface area contributed by atoms with Crippen LogP contribution in [0, 0.1) is 0 Å². The van der Waals surface area contributed by atoms with Gasteiger partial charge >= 0.3 is 6.03 Å². The average Bonchev–Trinajstić information content (AvgIpc) is 2.48. The lowest BCUT2D eigenvalue weighted by Gasteiger charge is -2.30. The zero-order valence-electron chi connectivity index (χ0n) is 12.2. The highest BCUT2D eigenvalue weighted by atomic mass is 16.5. The predicted octanol–water partition coefficient (Wildman–Crippen LogP) is 0.866. The van der Waals surface area contributed by atoms with Crippen molar-refractivity contribution in [3.05, 3.63) is 0 Å². The molecule has 0 bridgehead atoms. The number of hydrogen-bond acceptors (Lipinski definition) is 3. The Hall–Kier alpha value is -1.30. The Kier molecular flexibility index (Phi) is 5.64. The van der Waals surface area contributed by atoms with Gasteiger partial charge in [-0.3, -0.25) is 4.79 Å². The molecule has 1 heterocycles. The summed E-state index contributed by atoms with van der Waals surface area (Å²) in [5, 5.41) is 5.70. The van der Waals surface area contributed by atoms with Gasteiger partial charge in [0.25, 0.3) is 0 Å². The fourth-order valence-corrected chi connectivity index (χ4v) is 2.79. The predicted molar refractivity (Wildman–Crippen MR) is 75.4 cm³/mol. The van der Waals surface area contributed by atoms with Crippen molar-refractivity contribution < 1.29 is 14.3 Å². The first-order valence-corrected chi connectivity index (χ1v) is 7.60. The van der Waals surface area contributed by atoms with Gasteiger partial charge in [-0.05, 0) is 19.8 Å². The molecular weight excluding hydrogens is 258 g/mol. The van der Waals surface area contributed by atoms with Crippen LogP contribution in [-0.4, -0.2) is 55.2 Å². The maximum Gasteiger partial charge on any atom is 0.315 e. The maximum atomic E-state index is 12.2. The second-order valence-corrected chi connectivity index (χ2v) is 5.61. The fraction of sp³-hybridized carbons (Fsp3) is 0.857. The molecule has 2 rings (SSSR count). The second kappa shape index (κ2) is 7.47. The molecule has 0 unspecified atom stereocenters. The summed E-state index contributed by atoms with van der Waals surface area (Å²) in [4.78, 5) is 25.8. The summed E-state index contributed by atoms with van der Waals surface area (Å²) >= 11 is 0. The summed E-state index contributed by atoms with van der Waals surface area (Å²) in [5.41, 5.74) is 0. The third-order valence-corrected chi connectivity index (χ3v) is 3.98. The first-order chi connectivity index (χ1) is 9.66. The normalized spacial score (nSPS) is 22.1. The number of nitrogens with one attached hydrogen (secondary N) is 2. The summed E-state index contributed by atoms with van der Waals surface area (Å²) in [5.74, 6) is -0.0351. The molecule has 0 aromatic rings. The smallest absolute Gasteiger partial charge is 0.315 e. The summed E-state index contributed by atoms with van der Waals surface area (Å²) < 4.78 is 5.22. The van der Waals surface area contributed by atoms with Gasteiger partial charge in [-0.2, -0.15) is 0 Å². The first-order valence-electron chi connectivity index (χ1n) is 7.60. The Bertz CT molecular complexity index is 337. The molecule has 20 heavy (non-hydrogen) atoms. The molecular formula is C14H25N3O3. The zero-order chi connectivity index (χ0) is 14.4. The molecule has 0 spiro atoms. The van der Waals surface area contributed by atoms with Gasteiger partial charge < -0.3 is 20.3 Å². The number of nitrogens with zero attached hydrogens (tertiary/aromatic N) is 1. The minimum atomic E-state index is -0.489. The minimum absolute atomic E-state index is 0.0351. The van der Waals surface area contributed by atoms with Crippen LogP contribution in [0.15, 0.2) is 0 Å². The van der Waals surface area contributed by atoms with Crippen LogP contribution in [0.5, 0.6) is 0 Å². The van der Waals surface area contributed by atoms with Crippen molar-refractivity contribution >= 4 is 11.9 Å². The lowest BCUT2D eigenvalue weighted by Crippen LogP contribution is -2.53. The lowest BCUT2D eigenvalue weighted by molar-refractivity contribution is -0.136. The Morgan fingerprint density at radius 1 is 1.15 bits per heavy atom.